The molecule has 0 fully saturated rings. The number of rotatable bonds is 4. The molecular formula is C11H22N4. The first-order valence-electron chi connectivity index (χ1n) is 5.58. The quantitative estimate of drug-likeness (QED) is 0.828. The lowest BCUT2D eigenvalue weighted by Gasteiger charge is -2.23. The van der Waals surface area contributed by atoms with E-state index in [1.165, 1.54) is 0 Å². The molecule has 0 aliphatic rings. The van der Waals surface area contributed by atoms with E-state index in [2.05, 4.69) is 38.0 Å². The molecule has 0 aliphatic carbocycles. The van der Waals surface area contributed by atoms with Crippen LogP contribution in [0.4, 0.5) is 0 Å². The van der Waals surface area contributed by atoms with Gasteiger partial charge >= 0.3 is 0 Å². The van der Waals surface area contributed by atoms with E-state index in [1.807, 2.05) is 4.68 Å². The van der Waals surface area contributed by atoms with E-state index >= 15 is 0 Å². The molecule has 1 aromatic rings. The summed E-state index contributed by atoms with van der Waals surface area (Å²) >= 11 is 0. The Balaban J connectivity index is 2.72. The molecule has 1 atom stereocenters. The summed E-state index contributed by atoms with van der Waals surface area (Å²) in [6, 6.07) is 0.0338. The maximum Gasteiger partial charge on any atom is 0.0754 e. The van der Waals surface area contributed by atoms with Crippen LogP contribution in [0.15, 0.2) is 6.20 Å². The highest BCUT2D eigenvalue weighted by molar-refractivity contribution is 5.02. The van der Waals surface area contributed by atoms with E-state index in [-0.39, 0.29) is 11.5 Å². The fourth-order valence-corrected chi connectivity index (χ4v) is 1.70. The zero-order chi connectivity index (χ0) is 11.5. The predicted octanol–water partition coefficient (Wildman–Crippen LogP) is 2.12. The fraction of sp³-hybridized carbons (Fsp3) is 0.818. The largest absolute Gasteiger partial charge is 0.323 e. The standard InChI is InChI=1S/C11H22N4/c1-5-6-15-10(8-13-14-15)9(12)7-11(2,3)4/h8-9H,5-7,12H2,1-4H3. The molecule has 0 aliphatic heterocycles. The van der Waals surface area contributed by atoms with Gasteiger partial charge in [0.25, 0.3) is 0 Å². The first-order valence-corrected chi connectivity index (χ1v) is 5.58. The lowest BCUT2D eigenvalue weighted by atomic mass is 9.87. The SMILES string of the molecule is CCCn1nncc1C(N)CC(C)(C)C. The summed E-state index contributed by atoms with van der Waals surface area (Å²) in [5.74, 6) is 0. The Bertz CT molecular complexity index is 298. The van der Waals surface area contributed by atoms with Crippen LogP contribution in [0.25, 0.3) is 0 Å². The number of hydrogen-bond donors (Lipinski definition) is 1. The number of aryl methyl sites for hydroxylation is 1. The van der Waals surface area contributed by atoms with Gasteiger partial charge < -0.3 is 5.73 Å². The molecule has 4 heteroatoms. The molecule has 0 saturated heterocycles. The topological polar surface area (TPSA) is 56.7 Å². The third kappa shape index (κ3) is 3.63. The second-order valence-corrected chi connectivity index (χ2v) is 5.25. The molecule has 0 saturated carbocycles. The Morgan fingerprint density at radius 3 is 2.67 bits per heavy atom. The summed E-state index contributed by atoms with van der Waals surface area (Å²) in [7, 11) is 0. The van der Waals surface area contributed by atoms with Crippen LogP contribution >= 0.6 is 0 Å². The molecule has 0 bridgehead atoms. The Morgan fingerprint density at radius 1 is 1.47 bits per heavy atom. The molecule has 1 unspecified atom stereocenters. The molecule has 0 spiro atoms. The lowest BCUT2D eigenvalue weighted by Crippen LogP contribution is -2.22. The molecule has 1 aromatic heterocycles. The van der Waals surface area contributed by atoms with Gasteiger partial charge in [-0.1, -0.05) is 32.9 Å². The van der Waals surface area contributed by atoms with Gasteiger partial charge in [0.2, 0.25) is 0 Å². The van der Waals surface area contributed by atoms with Crippen molar-refractivity contribution in [1.82, 2.24) is 15.0 Å². The molecule has 4 nitrogen and oxygen atoms in total. The highest BCUT2D eigenvalue weighted by atomic mass is 15.4. The van der Waals surface area contributed by atoms with Crippen molar-refractivity contribution in [2.45, 2.75) is 53.1 Å². The van der Waals surface area contributed by atoms with Gasteiger partial charge in [0, 0.05) is 12.6 Å². The van der Waals surface area contributed by atoms with E-state index in [0.29, 0.717) is 0 Å². The second-order valence-electron chi connectivity index (χ2n) is 5.25. The maximum absolute atomic E-state index is 6.16. The summed E-state index contributed by atoms with van der Waals surface area (Å²) in [5.41, 5.74) is 7.44. The van der Waals surface area contributed by atoms with E-state index in [4.69, 9.17) is 5.73 Å². The van der Waals surface area contributed by atoms with Crippen LogP contribution < -0.4 is 5.73 Å². The normalized spacial score (nSPS) is 14.2. The van der Waals surface area contributed by atoms with Crippen LogP contribution in [0.3, 0.4) is 0 Å². The van der Waals surface area contributed by atoms with Crippen LogP contribution in [-0.4, -0.2) is 15.0 Å². The zero-order valence-electron chi connectivity index (χ0n) is 10.2. The summed E-state index contributed by atoms with van der Waals surface area (Å²) in [4.78, 5) is 0. The van der Waals surface area contributed by atoms with Crippen molar-refractivity contribution in [3.8, 4) is 0 Å². The molecular weight excluding hydrogens is 188 g/mol. The molecule has 0 aromatic carbocycles. The summed E-state index contributed by atoms with van der Waals surface area (Å²) in [6.45, 7) is 9.61. The molecule has 2 N–H and O–H groups in total. The Morgan fingerprint density at radius 2 is 2.13 bits per heavy atom. The van der Waals surface area contributed by atoms with Crippen LogP contribution in [0.1, 0.15) is 52.3 Å². The van der Waals surface area contributed by atoms with E-state index in [1.54, 1.807) is 6.20 Å². The summed E-state index contributed by atoms with van der Waals surface area (Å²) in [5, 5.41) is 7.97. The van der Waals surface area contributed by atoms with E-state index in [9.17, 15) is 0 Å². The van der Waals surface area contributed by atoms with Crippen molar-refractivity contribution in [3.05, 3.63) is 11.9 Å². The number of hydrogen-bond acceptors (Lipinski definition) is 3. The third-order valence-corrected chi connectivity index (χ3v) is 2.30. The summed E-state index contributed by atoms with van der Waals surface area (Å²) in [6.07, 6.45) is 3.79. The second kappa shape index (κ2) is 4.75. The van der Waals surface area contributed by atoms with Gasteiger partial charge in [-0.3, -0.25) is 0 Å². The Labute approximate surface area is 91.9 Å². The van der Waals surface area contributed by atoms with Crippen molar-refractivity contribution < 1.29 is 0 Å². The molecule has 0 radical (unpaired) electrons. The predicted molar refractivity (Wildman–Crippen MR) is 61.3 cm³/mol. The van der Waals surface area contributed by atoms with Crippen LogP contribution in [0, 0.1) is 5.41 Å². The van der Waals surface area contributed by atoms with Gasteiger partial charge in [0.05, 0.1) is 11.9 Å². The third-order valence-electron chi connectivity index (χ3n) is 2.30. The van der Waals surface area contributed by atoms with E-state index in [0.717, 1.165) is 25.1 Å². The van der Waals surface area contributed by atoms with E-state index < -0.39 is 0 Å². The lowest BCUT2D eigenvalue weighted by molar-refractivity contribution is 0.333. The highest BCUT2D eigenvalue weighted by Gasteiger charge is 2.20. The molecule has 15 heavy (non-hydrogen) atoms. The highest BCUT2D eigenvalue weighted by Crippen LogP contribution is 2.27. The first-order chi connectivity index (χ1) is 6.94. The average molecular weight is 210 g/mol. The van der Waals surface area contributed by atoms with Crippen molar-refractivity contribution in [3.63, 3.8) is 0 Å². The average Bonchev–Trinajstić information content (AvgIpc) is 2.49. The van der Waals surface area contributed by atoms with Crippen molar-refractivity contribution in [1.29, 1.82) is 0 Å². The molecule has 86 valence electrons. The van der Waals surface area contributed by atoms with Gasteiger partial charge in [-0.25, -0.2) is 4.68 Å². The molecule has 1 rings (SSSR count). The van der Waals surface area contributed by atoms with Gasteiger partial charge in [-0.15, -0.1) is 5.10 Å². The van der Waals surface area contributed by atoms with Gasteiger partial charge in [-0.2, -0.15) is 0 Å². The van der Waals surface area contributed by atoms with Crippen LogP contribution in [0.2, 0.25) is 0 Å². The molecule has 1 heterocycles. The minimum absolute atomic E-state index is 0.0338. The smallest absolute Gasteiger partial charge is 0.0754 e. The maximum atomic E-state index is 6.16. The van der Waals surface area contributed by atoms with Crippen LogP contribution in [0.5, 0.6) is 0 Å². The van der Waals surface area contributed by atoms with Gasteiger partial charge in [0.1, 0.15) is 0 Å². The van der Waals surface area contributed by atoms with Crippen LogP contribution in [-0.2, 0) is 6.54 Å². The minimum atomic E-state index is 0.0338. The number of aromatic nitrogens is 3. The van der Waals surface area contributed by atoms with Crippen molar-refractivity contribution in [2.75, 3.05) is 0 Å². The summed E-state index contributed by atoms with van der Waals surface area (Å²) < 4.78 is 1.91. The van der Waals surface area contributed by atoms with Gasteiger partial charge in [-0.05, 0) is 18.3 Å². The number of nitrogens with zero attached hydrogens (tertiary/aromatic N) is 3. The van der Waals surface area contributed by atoms with Crippen molar-refractivity contribution in [2.24, 2.45) is 11.1 Å². The first kappa shape index (κ1) is 12.2. The van der Waals surface area contributed by atoms with Crippen molar-refractivity contribution >= 4 is 0 Å². The van der Waals surface area contributed by atoms with Gasteiger partial charge in [0.15, 0.2) is 0 Å². The monoisotopic (exact) mass is 210 g/mol. The Hall–Kier alpha value is -0.900. The number of nitrogens with two attached hydrogens (primary N) is 1. The Kier molecular flexibility index (Phi) is 3.85. The zero-order valence-corrected chi connectivity index (χ0v) is 10.2. The minimum Gasteiger partial charge on any atom is -0.323 e. The molecule has 0 amide bonds. The fourth-order valence-electron chi connectivity index (χ4n) is 1.70.